The first kappa shape index (κ1) is 12.3. The Kier molecular flexibility index (Phi) is 4.74. The molecule has 1 aromatic rings. The van der Waals surface area contributed by atoms with Gasteiger partial charge < -0.3 is 14.8 Å². The molecule has 0 radical (unpaired) electrons. The van der Waals surface area contributed by atoms with Crippen molar-refractivity contribution in [1.29, 1.82) is 0 Å². The van der Waals surface area contributed by atoms with E-state index in [1.165, 1.54) is 5.56 Å². The molecule has 0 amide bonds. The van der Waals surface area contributed by atoms with E-state index in [-0.39, 0.29) is 6.10 Å². The topological polar surface area (TPSA) is 30.5 Å². The molecular formula is C14H19NO2. The molecular weight excluding hydrogens is 214 g/mol. The summed E-state index contributed by atoms with van der Waals surface area (Å²) < 4.78 is 11.3. The fraction of sp³-hybridized carbons (Fsp3) is 0.429. The van der Waals surface area contributed by atoms with Gasteiger partial charge in [-0.15, -0.1) is 0 Å². The second kappa shape index (κ2) is 6.55. The Balaban J connectivity index is 1.69. The third kappa shape index (κ3) is 4.30. The number of rotatable bonds is 4. The Bertz CT molecular complexity index is 350. The van der Waals surface area contributed by atoms with Gasteiger partial charge in [0.1, 0.15) is 0 Å². The molecule has 0 aromatic heterocycles. The maximum atomic E-state index is 5.67. The van der Waals surface area contributed by atoms with Crippen molar-refractivity contribution in [3.63, 3.8) is 0 Å². The zero-order valence-electron chi connectivity index (χ0n) is 10.0. The average Bonchev–Trinajstić information content (AvgIpc) is 2.56. The van der Waals surface area contributed by atoms with Crippen LogP contribution in [0.4, 0.5) is 0 Å². The predicted molar refractivity (Wildman–Crippen MR) is 67.8 cm³/mol. The van der Waals surface area contributed by atoms with Gasteiger partial charge in [0.25, 0.3) is 0 Å². The lowest BCUT2D eigenvalue weighted by molar-refractivity contribution is -0.00687. The van der Waals surface area contributed by atoms with Crippen molar-refractivity contribution in [3.05, 3.63) is 48.0 Å². The van der Waals surface area contributed by atoms with E-state index < -0.39 is 0 Å². The van der Waals surface area contributed by atoms with Gasteiger partial charge in [0.2, 0.25) is 0 Å². The summed E-state index contributed by atoms with van der Waals surface area (Å²) in [6, 6.07) is 10.2. The van der Waals surface area contributed by atoms with Crippen LogP contribution in [0.3, 0.4) is 0 Å². The molecule has 17 heavy (non-hydrogen) atoms. The van der Waals surface area contributed by atoms with E-state index in [1.54, 1.807) is 0 Å². The van der Waals surface area contributed by atoms with Gasteiger partial charge in [-0.3, -0.25) is 0 Å². The molecule has 1 aliphatic heterocycles. The summed E-state index contributed by atoms with van der Waals surface area (Å²) in [6.07, 6.45) is 0.123. The Morgan fingerprint density at radius 3 is 3.00 bits per heavy atom. The fourth-order valence-corrected chi connectivity index (χ4v) is 1.75. The first-order chi connectivity index (χ1) is 8.34. The van der Waals surface area contributed by atoms with E-state index in [9.17, 15) is 0 Å². The maximum Gasteiger partial charge on any atom is 0.0937 e. The molecule has 1 saturated heterocycles. The molecule has 92 valence electrons. The van der Waals surface area contributed by atoms with Crippen molar-refractivity contribution in [2.24, 2.45) is 0 Å². The highest BCUT2D eigenvalue weighted by Gasteiger charge is 2.13. The van der Waals surface area contributed by atoms with Gasteiger partial charge in [-0.2, -0.15) is 0 Å². The van der Waals surface area contributed by atoms with E-state index in [2.05, 4.69) is 24.0 Å². The molecule has 3 heteroatoms. The largest absolute Gasteiger partial charge is 0.374 e. The van der Waals surface area contributed by atoms with Crippen molar-refractivity contribution in [3.8, 4) is 0 Å². The Morgan fingerprint density at radius 1 is 1.35 bits per heavy atom. The van der Waals surface area contributed by atoms with Crippen LogP contribution in [0.25, 0.3) is 0 Å². The molecule has 0 saturated carbocycles. The molecule has 1 aromatic carbocycles. The number of nitrogens with one attached hydrogen (secondary N) is 1. The van der Waals surface area contributed by atoms with Gasteiger partial charge in [0, 0.05) is 13.1 Å². The van der Waals surface area contributed by atoms with Crippen LogP contribution in [-0.2, 0) is 16.1 Å². The van der Waals surface area contributed by atoms with Crippen LogP contribution >= 0.6 is 0 Å². The van der Waals surface area contributed by atoms with Crippen molar-refractivity contribution < 1.29 is 9.47 Å². The van der Waals surface area contributed by atoms with Gasteiger partial charge in [-0.25, -0.2) is 0 Å². The lowest BCUT2D eigenvalue weighted by atomic mass is 10.2. The Labute approximate surface area is 102 Å². The standard InChI is InChI=1S/C14H19NO2/c1-12-7-15-8-14(17-9-12)11-16-10-13-5-3-2-4-6-13/h2-6,14-15H,1,7-11H2. The summed E-state index contributed by atoms with van der Waals surface area (Å²) in [4.78, 5) is 0. The van der Waals surface area contributed by atoms with Gasteiger partial charge in [-0.05, 0) is 11.1 Å². The van der Waals surface area contributed by atoms with Crippen molar-refractivity contribution in [2.75, 3.05) is 26.3 Å². The van der Waals surface area contributed by atoms with Gasteiger partial charge >= 0.3 is 0 Å². The SMILES string of the molecule is C=C1CNCC(COCc2ccccc2)OC1. The van der Waals surface area contributed by atoms with Crippen LogP contribution in [0, 0.1) is 0 Å². The van der Waals surface area contributed by atoms with E-state index in [0.717, 1.165) is 18.7 Å². The summed E-state index contributed by atoms with van der Waals surface area (Å²) in [7, 11) is 0. The van der Waals surface area contributed by atoms with Crippen LogP contribution < -0.4 is 5.32 Å². The number of hydrogen-bond acceptors (Lipinski definition) is 3. The fourth-order valence-electron chi connectivity index (χ4n) is 1.75. The Morgan fingerprint density at radius 2 is 2.18 bits per heavy atom. The van der Waals surface area contributed by atoms with Gasteiger partial charge in [0.05, 0.1) is 25.9 Å². The zero-order valence-corrected chi connectivity index (χ0v) is 10.0. The van der Waals surface area contributed by atoms with Crippen LogP contribution in [0.5, 0.6) is 0 Å². The van der Waals surface area contributed by atoms with Crippen LogP contribution in [0.2, 0.25) is 0 Å². The lowest BCUT2D eigenvalue weighted by Crippen LogP contribution is -2.30. The predicted octanol–water partition coefficient (Wildman–Crippen LogP) is 1.75. The van der Waals surface area contributed by atoms with Crippen LogP contribution in [0.15, 0.2) is 42.5 Å². The highest BCUT2D eigenvalue weighted by molar-refractivity contribution is 5.13. The molecule has 1 aliphatic rings. The summed E-state index contributed by atoms with van der Waals surface area (Å²) in [5.41, 5.74) is 2.29. The minimum Gasteiger partial charge on any atom is -0.374 e. The third-order valence-electron chi connectivity index (χ3n) is 2.69. The molecule has 1 fully saturated rings. The first-order valence-electron chi connectivity index (χ1n) is 5.95. The molecule has 3 nitrogen and oxygen atoms in total. The first-order valence-corrected chi connectivity index (χ1v) is 5.95. The molecule has 0 aliphatic carbocycles. The van der Waals surface area contributed by atoms with Crippen molar-refractivity contribution in [2.45, 2.75) is 12.7 Å². The molecule has 1 atom stereocenters. The second-order valence-corrected chi connectivity index (χ2v) is 4.31. The summed E-state index contributed by atoms with van der Waals surface area (Å²) in [5, 5.41) is 3.29. The third-order valence-corrected chi connectivity index (χ3v) is 2.69. The monoisotopic (exact) mass is 233 g/mol. The summed E-state index contributed by atoms with van der Waals surface area (Å²) in [6.45, 7) is 7.47. The summed E-state index contributed by atoms with van der Waals surface area (Å²) in [5.74, 6) is 0. The molecule has 1 heterocycles. The normalized spacial score (nSPS) is 21.2. The minimum atomic E-state index is 0.123. The Hall–Kier alpha value is -1.16. The van der Waals surface area contributed by atoms with E-state index in [4.69, 9.17) is 9.47 Å². The zero-order chi connectivity index (χ0) is 11.9. The highest BCUT2D eigenvalue weighted by atomic mass is 16.5. The van der Waals surface area contributed by atoms with Gasteiger partial charge in [-0.1, -0.05) is 36.9 Å². The van der Waals surface area contributed by atoms with Crippen molar-refractivity contribution in [1.82, 2.24) is 5.32 Å². The number of benzene rings is 1. The minimum absolute atomic E-state index is 0.123. The molecule has 2 rings (SSSR count). The van der Waals surface area contributed by atoms with Gasteiger partial charge in [0.15, 0.2) is 0 Å². The molecule has 1 unspecified atom stereocenters. The maximum absolute atomic E-state index is 5.67. The van der Waals surface area contributed by atoms with E-state index >= 15 is 0 Å². The average molecular weight is 233 g/mol. The van der Waals surface area contributed by atoms with E-state index in [0.29, 0.717) is 19.8 Å². The molecule has 1 N–H and O–H groups in total. The number of ether oxygens (including phenoxy) is 2. The lowest BCUT2D eigenvalue weighted by Gasteiger charge is -2.14. The molecule has 0 spiro atoms. The quantitative estimate of drug-likeness (QED) is 0.804. The van der Waals surface area contributed by atoms with E-state index in [1.807, 2.05) is 18.2 Å². The smallest absolute Gasteiger partial charge is 0.0937 e. The van der Waals surface area contributed by atoms with Crippen molar-refractivity contribution >= 4 is 0 Å². The van der Waals surface area contributed by atoms with Crippen LogP contribution in [-0.4, -0.2) is 32.4 Å². The second-order valence-electron chi connectivity index (χ2n) is 4.31. The molecule has 0 bridgehead atoms. The highest BCUT2D eigenvalue weighted by Crippen LogP contribution is 2.05. The number of hydrogen-bond donors (Lipinski definition) is 1. The summed E-state index contributed by atoms with van der Waals surface area (Å²) >= 11 is 0. The van der Waals surface area contributed by atoms with Crippen LogP contribution in [0.1, 0.15) is 5.56 Å².